The van der Waals surface area contributed by atoms with E-state index in [9.17, 15) is 14.0 Å². The molecule has 0 radical (unpaired) electrons. The Hall–Kier alpha value is -1.91. The van der Waals surface area contributed by atoms with Crippen molar-refractivity contribution in [1.29, 1.82) is 0 Å². The van der Waals surface area contributed by atoms with Gasteiger partial charge in [-0.3, -0.25) is 9.59 Å². The highest BCUT2D eigenvalue weighted by molar-refractivity contribution is 5.96. The lowest BCUT2D eigenvalue weighted by Crippen LogP contribution is -2.17. The van der Waals surface area contributed by atoms with Crippen molar-refractivity contribution in [2.75, 3.05) is 14.2 Å². The molecule has 0 saturated carbocycles. The number of hydrogen-bond acceptors (Lipinski definition) is 3. The fraction of sp³-hybridized carbons (Fsp3) is 0.385. The first kappa shape index (κ1) is 14.2. The Morgan fingerprint density at radius 1 is 1.33 bits per heavy atom. The van der Waals surface area contributed by atoms with Crippen molar-refractivity contribution >= 4 is 11.7 Å². The van der Waals surface area contributed by atoms with Gasteiger partial charge >= 0.3 is 0 Å². The Labute approximate surface area is 105 Å². The van der Waals surface area contributed by atoms with Gasteiger partial charge in [0.25, 0.3) is 0 Å². The Kier molecular flexibility index (Phi) is 5.30. The average Bonchev–Trinajstić information content (AvgIpc) is 2.38. The third kappa shape index (κ3) is 3.84. The lowest BCUT2D eigenvalue weighted by molar-refractivity contribution is -0.120. The number of amides is 1. The van der Waals surface area contributed by atoms with E-state index in [1.807, 2.05) is 0 Å². The van der Waals surface area contributed by atoms with Crippen molar-refractivity contribution in [1.82, 2.24) is 5.32 Å². The van der Waals surface area contributed by atoms with E-state index in [2.05, 4.69) is 5.32 Å². The SMILES string of the molecule is CNC(=O)CCCC(=O)c1ccc(OC)c(F)c1. The molecule has 0 atom stereocenters. The number of carbonyl (C=O) groups is 2. The van der Waals surface area contributed by atoms with Gasteiger partial charge in [0.05, 0.1) is 7.11 Å². The van der Waals surface area contributed by atoms with Crippen molar-refractivity contribution in [3.8, 4) is 5.75 Å². The summed E-state index contributed by atoms with van der Waals surface area (Å²) in [4.78, 5) is 22.7. The molecule has 0 aliphatic rings. The number of methoxy groups -OCH3 is 1. The summed E-state index contributed by atoms with van der Waals surface area (Å²) in [6.45, 7) is 0. The highest BCUT2D eigenvalue weighted by Crippen LogP contribution is 2.19. The van der Waals surface area contributed by atoms with E-state index in [1.54, 1.807) is 7.05 Å². The van der Waals surface area contributed by atoms with Crippen molar-refractivity contribution in [3.63, 3.8) is 0 Å². The first-order valence-corrected chi connectivity index (χ1v) is 5.65. The zero-order valence-corrected chi connectivity index (χ0v) is 10.5. The van der Waals surface area contributed by atoms with Crippen LogP contribution in [-0.4, -0.2) is 25.8 Å². The van der Waals surface area contributed by atoms with Crippen LogP contribution in [0.25, 0.3) is 0 Å². The molecule has 1 N–H and O–H groups in total. The highest BCUT2D eigenvalue weighted by atomic mass is 19.1. The van der Waals surface area contributed by atoms with Gasteiger partial charge in [-0.05, 0) is 24.6 Å². The molecule has 0 unspecified atom stereocenters. The maximum atomic E-state index is 13.4. The Morgan fingerprint density at radius 3 is 2.61 bits per heavy atom. The minimum atomic E-state index is -0.561. The lowest BCUT2D eigenvalue weighted by Gasteiger charge is -2.04. The summed E-state index contributed by atoms with van der Waals surface area (Å²) in [6.07, 6.45) is 0.965. The average molecular weight is 253 g/mol. The fourth-order valence-corrected chi connectivity index (χ4v) is 1.52. The molecule has 0 heterocycles. The normalized spacial score (nSPS) is 9.94. The lowest BCUT2D eigenvalue weighted by atomic mass is 10.0. The topological polar surface area (TPSA) is 55.4 Å². The van der Waals surface area contributed by atoms with Crippen LogP contribution < -0.4 is 10.1 Å². The zero-order valence-electron chi connectivity index (χ0n) is 10.5. The maximum Gasteiger partial charge on any atom is 0.219 e. The monoisotopic (exact) mass is 253 g/mol. The first-order chi connectivity index (χ1) is 8.58. The molecule has 5 heteroatoms. The summed E-state index contributed by atoms with van der Waals surface area (Å²) in [6, 6.07) is 4.09. The number of ketones is 1. The van der Waals surface area contributed by atoms with Gasteiger partial charge in [0.1, 0.15) is 0 Å². The molecule has 98 valence electrons. The molecule has 1 aromatic rings. The van der Waals surface area contributed by atoms with Crippen LogP contribution in [0, 0.1) is 5.82 Å². The van der Waals surface area contributed by atoms with Crippen molar-refractivity contribution in [3.05, 3.63) is 29.6 Å². The van der Waals surface area contributed by atoms with Crippen molar-refractivity contribution in [2.24, 2.45) is 0 Å². The predicted molar refractivity (Wildman–Crippen MR) is 65.2 cm³/mol. The number of hydrogen-bond donors (Lipinski definition) is 1. The third-order valence-corrected chi connectivity index (χ3v) is 2.56. The molecule has 0 aliphatic heterocycles. The van der Waals surface area contributed by atoms with Gasteiger partial charge in [-0.1, -0.05) is 0 Å². The Bertz CT molecular complexity index is 446. The second-order valence-corrected chi connectivity index (χ2v) is 3.80. The van der Waals surface area contributed by atoms with Gasteiger partial charge in [0.2, 0.25) is 5.91 Å². The summed E-state index contributed by atoms with van der Waals surface area (Å²) in [5, 5.41) is 2.48. The van der Waals surface area contributed by atoms with Gasteiger partial charge in [0.15, 0.2) is 17.3 Å². The highest BCUT2D eigenvalue weighted by Gasteiger charge is 2.10. The molecule has 1 rings (SSSR count). The largest absolute Gasteiger partial charge is 0.494 e. The van der Waals surface area contributed by atoms with Crippen molar-refractivity contribution < 1.29 is 18.7 Å². The molecule has 0 aliphatic carbocycles. The van der Waals surface area contributed by atoms with E-state index >= 15 is 0 Å². The number of ether oxygens (including phenoxy) is 1. The standard InChI is InChI=1S/C13H16FNO3/c1-15-13(17)5-3-4-11(16)9-6-7-12(18-2)10(14)8-9/h6-8H,3-5H2,1-2H3,(H,15,17). The van der Waals surface area contributed by atoms with Crippen LogP contribution in [0.2, 0.25) is 0 Å². The fourth-order valence-electron chi connectivity index (χ4n) is 1.52. The number of halogens is 1. The molecular formula is C13H16FNO3. The van der Waals surface area contributed by atoms with Crippen LogP contribution in [-0.2, 0) is 4.79 Å². The van der Waals surface area contributed by atoms with Gasteiger partial charge in [-0.2, -0.15) is 0 Å². The summed E-state index contributed by atoms with van der Waals surface area (Å²) in [7, 11) is 2.91. The number of carbonyl (C=O) groups excluding carboxylic acids is 2. The minimum absolute atomic E-state index is 0.108. The number of rotatable bonds is 6. The van der Waals surface area contributed by atoms with E-state index in [4.69, 9.17) is 4.74 Å². The van der Waals surface area contributed by atoms with Crippen LogP contribution in [0.15, 0.2) is 18.2 Å². The summed E-state index contributed by atoms with van der Waals surface area (Å²) >= 11 is 0. The van der Waals surface area contributed by atoms with Crippen LogP contribution in [0.3, 0.4) is 0 Å². The number of nitrogens with one attached hydrogen (secondary N) is 1. The molecule has 0 bridgehead atoms. The molecule has 0 fully saturated rings. The summed E-state index contributed by atoms with van der Waals surface area (Å²) in [5.74, 6) is -0.740. The van der Waals surface area contributed by atoms with Crippen LogP contribution in [0.4, 0.5) is 4.39 Å². The molecular weight excluding hydrogens is 237 g/mol. The Morgan fingerprint density at radius 2 is 2.06 bits per heavy atom. The van der Waals surface area contributed by atoms with Gasteiger partial charge in [-0.15, -0.1) is 0 Å². The number of Topliss-reactive ketones (excluding diaryl/α,β-unsaturated/α-hetero) is 1. The first-order valence-electron chi connectivity index (χ1n) is 5.65. The number of benzene rings is 1. The van der Waals surface area contributed by atoms with Gasteiger partial charge in [-0.25, -0.2) is 4.39 Å². The van der Waals surface area contributed by atoms with Gasteiger partial charge in [0, 0.05) is 25.5 Å². The molecule has 0 aromatic heterocycles. The second kappa shape index (κ2) is 6.74. The van der Waals surface area contributed by atoms with E-state index in [1.165, 1.54) is 19.2 Å². The van der Waals surface area contributed by atoms with Crippen LogP contribution >= 0.6 is 0 Å². The van der Waals surface area contributed by atoms with E-state index < -0.39 is 5.82 Å². The van der Waals surface area contributed by atoms with Crippen LogP contribution in [0.1, 0.15) is 29.6 Å². The second-order valence-electron chi connectivity index (χ2n) is 3.80. The minimum Gasteiger partial charge on any atom is -0.494 e. The van der Waals surface area contributed by atoms with E-state index in [-0.39, 0.29) is 23.9 Å². The van der Waals surface area contributed by atoms with E-state index in [0.717, 1.165) is 6.07 Å². The van der Waals surface area contributed by atoms with E-state index in [0.29, 0.717) is 18.4 Å². The summed E-state index contributed by atoms with van der Waals surface area (Å²) in [5.41, 5.74) is 0.296. The molecule has 1 aromatic carbocycles. The zero-order chi connectivity index (χ0) is 13.5. The van der Waals surface area contributed by atoms with Crippen molar-refractivity contribution in [2.45, 2.75) is 19.3 Å². The Balaban J connectivity index is 2.56. The molecule has 0 spiro atoms. The van der Waals surface area contributed by atoms with Gasteiger partial charge < -0.3 is 10.1 Å². The molecule has 18 heavy (non-hydrogen) atoms. The third-order valence-electron chi connectivity index (χ3n) is 2.56. The predicted octanol–water partition coefficient (Wildman–Crippen LogP) is 1.93. The van der Waals surface area contributed by atoms with Crippen LogP contribution in [0.5, 0.6) is 5.75 Å². The maximum absolute atomic E-state index is 13.4. The smallest absolute Gasteiger partial charge is 0.219 e. The molecule has 0 saturated heterocycles. The molecule has 4 nitrogen and oxygen atoms in total. The molecule has 1 amide bonds. The quantitative estimate of drug-likeness (QED) is 0.788. The summed E-state index contributed by atoms with van der Waals surface area (Å²) < 4.78 is 18.1.